The Morgan fingerprint density at radius 3 is 2.25 bits per heavy atom. The van der Waals surface area contributed by atoms with Gasteiger partial charge in [0, 0.05) is 11.1 Å². The highest BCUT2D eigenvalue weighted by Crippen LogP contribution is 2.27. The van der Waals surface area contributed by atoms with Gasteiger partial charge in [-0.05, 0) is 12.5 Å². The van der Waals surface area contributed by atoms with E-state index in [0.29, 0.717) is 11.1 Å². The first-order chi connectivity index (χ1) is 11.7. The number of esters is 1. The average Bonchev–Trinajstić information content (AvgIpc) is 3.08. The third-order valence-electron chi connectivity index (χ3n) is 3.78. The maximum Gasteiger partial charge on any atom is 0.356 e. The molecule has 0 fully saturated rings. The summed E-state index contributed by atoms with van der Waals surface area (Å²) in [6.45, 7) is 2.01. The Labute approximate surface area is 140 Å². The van der Waals surface area contributed by atoms with Crippen molar-refractivity contribution >= 4 is 17.3 Å². The molecule has 0 saturated heterocycles. The van der Waals surface area contributed by atoms with Gasteiger partial charge in [0.15, 0.2) is 5.78 Å². The highest BCUT2D eigenvalue weighted by atomic mass is 16.5. The second kappa shape index (κ2) is 7.10. The number of ketones is 1. The van der Waals surface area contributed by atoms with E-state index in [-0.39, 0.29) is 18.1 Å². The molecule has 1 heterocycles. The molecule has 1 aliphatic heterocycles. The van der Waals surface area contributed by atoms with Gasteiger partial charge in [0.05, 0.1) is 6.61 Å². The lowest BCUT2D eigenvalue weighted by atomic mass is 9.92. The molecule has 2 N–H and O–H groups in total. The summed E-state index contributed by atoms with van der Waals surface area (Å²) in [5.41, 5.74) is 8.00. The van der Waals surface area contributed by atoms with Gasteiger partial charge in [-0.1, -0.05) is 60.7 Å². The van der Waals surface area contributed by atoms with Gasteiger partial charge in [0.25, 0.3) is 0 Å². The van der Waals surface area contributed by atoms with Crippen LogP contribution in [0.15, 0.2) is 66.4 Å². The van der Waals surface area contributed by atoms with Crippen molar-refractivity contribution in [2.45, 2.75) is 13.0 Å². The van der Waals surface area contributed by atoms with Gasteiger partial charge in [-0.15, -0.1) is 0 Å². The molecule has 0 spiro atoms. The van der Waals surface area contributed by atoms with E-state index in [2.05, 4.69) is 10.9 Å². The Morgan fingerprint density at radius 2 is 1.62 bits per heavy atom. The topological polar surface area (TPSA) is 67.4 Å². The monoisotopic (exact) mass is 322 g/mol. The van der Waals surface area contributed by atoms with E-state index in [0.717, 1.165) is 5.56 Å². The normalized spacial score (nSPS) is 16.6. The lowest BCUT2D eigenvalue weighted by Gasteiger charge is -2.14. The average molecular weight is 322 g/mol. The zero-order valence-electron chi connectivity index (χ0n) is 13.3. The quantitative estimate of drug-likeness (QED) is 0.653. The molecule has 1 unspecified atom stereocenters. The van der Waals surface area contributed by atoms with Crippen LogP contribution in [0, 0.1) is 0 Å². The fraction of sp³-hybridized carbons (Fsp3) is 0.158. The van der Waals surface area contributed by atoms with Crippen molar-refractivity contribution in [3.63, 3.8) is 0 Å². The molecular formula is C19H18N2O3. The number of hydrogen-bond donors (Lipinski definition) is 2. The van der Waals surface area contributed by atoms with Crippen LogP contribution in [0.4, 0.5) is 0 Å². The van der Waals surface area contributed by atoms with Crippen molar-refractivity contribution < 1.29 is 14.3 Å². The number of hydrogen-bond acceptors (Lipinski definition) is 5. The van der Waals surface area contributed by atoms with Gasteiger partial charge in [-0.3, -0.25) is 4.79 Å². The van der Waals surface area contributed by atoms with Crippen LogP contribution in [0.3, 0.4) is 0 Å². The molecule has 5 nitrogen and oxygen atoms in total. The minimum atomic E-state index is -0.658. The predicted octanol–water partition coefficient (Wildman–Crippen LogP) is 2.32. The van der Waals surface area contributed by atoms with Gasteiger partial charge < -0.3 is 10.2 Å². The van der Waals surface area contributed by atoms with Crippen LogP contribution < -0.4 is 10.9 Å². The molecule has 1 aliphatic rings. The van der Waals surface area contributed by atoms with E-state index >= 15 is 0 Å². The number of rotatable bonds is 5. The minimum absolute atomic E-state index is 0.110. The van der Waals surface area contributed by atoms with Crippen LogP contribution in [0.1, 0.15) is 22.8 Å². The second-order valence-corrected chi connectivity index (χ2v) is 5.31. The molecule has 24 heavy (non-hydrogen) atoms. The first kappa shape index (κ1) is 16.0. The SMILES string of the molecule is CCOC(=O)C1=C(c2ccccc2)C(C(=O)c2ccccc2)NN1. The third kappa shape index (κ3) is 3.07. The van der Waals surface area contributed by atoms with Crippen molar-refractivity contribution in [2.24, 2.45) is 0 Å². The maximum absolute atomic E-state index is 12.9. The standard InChI is InChI=1S/C19H18N2O3/c1-2-24-19(23)17-15(13-9-5-3-6-10-13)16(20-21-17)18(22)14-11-7-4-8-12-14/h3-12,16,20-21H,2H2,1H3. The van der Waals surface area contributed by atoms with Crippen molar-refractivity contribution in [3.05, 3.63) is 77.5 Å². The van der Waals surface area contributed by atoms with Gasteiger partial charge in [-0.25, -0.2) is 10.2 Å². The summed E-state index contributed by atoms with van der Waals surface area (Å²) in [7, 11) is 0. The lowest BCUT2D eigenvalue weighted by molar-refractivity contribution is -0.138. The Kier molecular flexibility index (Phi) is 4.72. The summed E-state index contributed by atoms with van der Waals surface area (Å²) in [6.07, 6.45) is 0. The van der Waals surface area contributed by atoms with Crippen LogP contribution >= 0.6 is 0 Å². The molecule has 0 aromatic heterocycles. The first-order valence-electron chi connectivity index (χ1n) is 7.80. The summed E-state index contributed by atoms with van der Waals surface area (Å²) in [5.74, 6) is -0.589. The Hall–Kier alpha value is -2.92. The molecule has 0 radical (unpaired) electrons. The smallest absolute Gasteiger partial charge is 0.356 e. The summed E-state index contributed by atoms with van der Waals surface area (Å²) in [4.78, 5) is 25.1. The van der Waals surface area contributed by atoms with Crippen molar-refractivity contribution in [1.29, 1.82) is 0 Å². The number of carbonyl (C=O) groups is 2. The largest absolute Gasteiger partial charge is 0.461 e. The number of Topliss-reactive ketones (excluding diaryl/α,β-unsaturated/α-hetero) is 1. The lowest BCUT2D eigenvalue weighted by Crippen LogP contribution is -2.39. The number of carbonyl (C=O) groups excluding carboxylic acids is 2. The van der Waals surface area contributed by atoms with Gasteiger partial charge >= 0.3 is 5.97 Å². The van der Waals surface area contributed by atoms with Crippen LogP contribution in [-0.4, -0.2) is 24.4 Å². The van der Waals surface area contributed by atoms with Gasteiger partial charge in [0.2, 0.25) is 0 Å². The molecule has 3 rings (SSSR count). The number of hydrazine groups is 1. The zero-order chi connectivity index (χ0) is 16.9. The highest BCUT2D eigenvalue weighted by Gasteiger charge is 2.35. The minimum Gasteiger partial charge on any atom is -0.461 e. The van der Waals surface area contributed by atoms with Crippen LogP contribution in [0.25, 0.3) is 5.57 Å². The molecule has 122 valence electrons. The van der Waals surface area contributed by atoms with E-state index in [1.165, 1.54) is 0 Å². The Bertz CT molecular complexity index is 770. The molecule has 0 aliphatic carbocycles. The number of benzene rings is 2. The molecule has 0 bridgehead atoms. The van der Waals surface area contributed by atoms with E-state index in [9.17, 15) is 9.59 Å². The fourth-order valence-corrected chi connectivity index (χ4v) is 2.69. The Morgan fingerprint density at radius 1 is 1.00 bits per heavy atom. The summed E-state index contributed by atoms with van der Waals surface area (Å²) in [5, 5.41) is 0. The Balaban J connectivity index is 2.03. The molecule has 2 aromatic rings. The zero-order valence-corrected chi connectivity index (χ0v) is 13.3. The van der Waals surface area contributed by atoms with Crippen molar-refractivity contribution in [3.8, 4) is 0 Å². The third-order valence-corrected chi connectivity index (χ3v) is 3.78. The van der Waals surface area contributed by atoms with E-state index in [1.54, 1.807) is 19.1 Å². The second-order valence-electron chi connectivity index (χ2n) is 5.31. The van der Waals surface area contributed by atoms with Crippen molar-refractivity contribution in [2.75, 3.05) is 6.61 Å². The summed E-state index contributed by atoms with van der Waals surface area (Å²) < 4.78 is 5.10. The summed E-state index contributed by atoms with van der Waals surface area (Å²) >= 11 is 0. The van der Waals surface area contributed by atoms with E-state index in [4.69, 9.17) is 4.74 Å². The molecule has 5 heteroatoms. The van der Waals surface area contributed by atoms with E-state index in [1.807, 2.05) is 48.5 Å². The molecule has 1 atom stereocenters. The van der Waals surface area contributed by atoms with Crippen LogP contribution in [0.2, 0.25) is 0 Å². The molecular weight excluding hydrogens is 304 g/mol. The van der Waals surface area contributed by atoms with Crippen molar-refractivity contribution in [1.82, 2.24) is 10.9 Å². The number of nitrogens with one attached hydrogen (secondary N) is 2. The predicted molar refractivity (Wildman–Crippen MR) is 90.8 cm³/mol. The first-order valence-corrected chi connectivity index (χ1v) is 7.80. The van der Waals surface area contributed by atoms with Crippen LogP contribution in [0.5, 0.6) is 0 Å². The number of ether oxygens (including phenoxy) is 1. The summed E-state index contributed by atoms with van der Waals surface area (Å²) in [6, 6.07) is 17.7. The van der Waals surface area contributed by atoms with E-state index < -0.39 is 12.0 Å². The van der Waals surface area contributed by atoms with Gasteiger partial charge in [-0.2, -0.15) is 0 Å². The van der Waals surface area contributed by atoms with Gasteiger partial charge in [0.1, 0.15) is 11.7 Å². The highest BCUT2D eigenvalue weighted by molar-refractivity contribution is 6.12. The maximum atomic E-state index is 12.9. The van der Waals surface area contributed by atoms with Crippen LogP contribution in [-0.2, 0) is 9.53 Å². The molecule has 0 amide bonds. The fourth-order valence-electron chi connectivity index (χ4n) is 2.69. The molecule has 0 saturated carbocycles. The molecule has 2 aromatic carbocycles.